The summed E-state index contributed by atoms with van der Waals surface area (Å²) < 4.78 is 7.26. The number of aromatic nitrogens is 2. The van der Waals surface area contributed by atoms with E-state index in [0.717, 1.165) is 51.3 Å². The summed E-state index contributed by atoms with van der Waals surface area (Å²) in [6, 6.07) is 11.8. The third-order valence-corrected chi connectivity index (χ3v) is 5.86. The predicted octanol–water partition coefficient (Wildman–Crippen LogP) is 3.33. The first-order chi connectivity index (χ1) is 15.1. The Kier molecular flexibility index (Phi) is 6.94. The van der Waals surface area contributed by atoms with Crippen molar-refractivity contribution in [2.75, 3.05) is 51.3 Å². The first-order valence-corrected chi connectivity index (χ1v) is 11.0. The van der Waals surface area contributed by atoms with E-state index in [0.29, 0.717) is 22.9 Å². The van der Waals surface area contributed by atoms with E-state index in [4.69, 9.17) is 16.3 Å². The highest BCUT2D eigenvalue weighted by Gasteiger charge is 2.19. The van der Waals surface area contributed by atoms with Crippen LogP contribution in [-0.4, -0.2) is 66.6 Å². The molecule has 0 aliphatic carbocycles. The van der Waals surface area contributed by atoms with Crippen LogP contribution in [0.15, 0.2) is 48.8 Å². The lowest BCUT2D eigenvalue weighted by atomic mass is 10.2. The number of hydrogen-bond acceptors (Lipinski definition) is 5. The van der Waals surface area contributed by atoms with Crippen molar-refractivity contribution in [1.29, 1.82) is 0 Å². The van der Waals surface area contributed by atoms with Crippen molar-refractivity contribution in [3.05, 3.63) is 59.5 Å². The number of fused-ring (bicyclic) bond motifs is 1. The van der Waals surface area contributed by atoms with E-state index < -0.39 is 0 Å². The lowest BCUT2D eigenvalue weighted by Gasteiger charge is -2.36. The Bertz CT molecular complexity index is 1030. The zero-order chi connectivity index (χ0) is 21.6. The molecule has 0 radical (unpaired) electrons. The number of carbonyl (C=O) groups is 1. The number of unbranched alkanes of at least 4 members (excludes halogenated alkanes) is 1. The molecule has 3 heterocycles. The van der Waals surface area contributed by atoms with Gasteiger partial charge in [-0.3, -0.25) is 9.69 Å². The van der Waals surface area contributed by atoms with Crippen LogP contribution in [0.3, 0.4) is 0 Å². The molecule has 4 rings (SSSR count). The lowest BCUT2D eigenvalue weighted by Crippen LogP contribution is -2.46. The number of hydrogen-bond donors (Lipinski definition) is 1. The first-order valence-electron chi connectivity index (χ1n) is 10.7. The van der Waals surface area contributed by atoms with Gasteiger partial charge in [0, 0.05) is 45.1 Å². The minimum atomic E-state index is -0.148. The molecule has 2 aromatic heterocycles. The van der Waals surface area contributed by atoms with Gasteiger partial charge in [-0.05, 0) is 43.7 Å². The Morgan fingerprint density at radius 2 is 1.90 bits per heavy atom. The fraction of sp³-hybridized carbons (Fsp3) is 0.391. The number of methoxy groups -OCH3 is 1. The van der Waals surface area contributed by atoms with Crippen LogP contribution in [0.5, 0.6) is 5.75 Å². The zero-order valence-corrected chi connectivity index (χ0v) is 18.5. The van der Waals surface area contributed by atoms with Gasteiger partial charge in [-0.2, -0.15) is 0 Å². The Morgan fingerprint density at radius 1 is 1.10 bits per heavy atom. The van der Waals surface area contributed by atoms with E-state index in [9.17, 15) is 4.79 Å². The van der Waals surface area contributed by atoms with Crippen LogP contribution in [-0.2, 0) is 0 Å². The molecule has 0 unspecified atom stereocenters. The Balaban J connectivity index is 1.16. The number of pyridine rings is 1. The molecule has 1 N–H and O–H groups in total. The van der Waals surface area contributed by atoms with E-state index in [1.807, 2.05) is 12.1 Å². The maximum Gasteiger partial charge on any atom is 0.271 e. The maximum atomic E-state index is 12.3. The zero-order valence-electron chi connectivity index (χ0n) is 17.8. The molecule has 1 amide bonds. The number of carbonyl (C=O) groups excluding carboxylic acids is 1. The van der Waals surface area contributed by atoms with Crippen LogP contribution in [0.1, 0.15) is 23.3 Å². The number of imidazole rings is 1. The number of ether oxygens (including phenoxy) is 1. The number of nitrogens with one attached hydrogen (secondary N) is 1. The highest BCUT2D eigenvalue weighted by atomic mass is 35.5. The fourth-order valence-corrected chi connectivity index (χ4v) is 4.10. The second kappa shape index (κ2) is 10.0. The molecular weight excluding hydrogens is 414 g/mol. The summed E-state index contributed by atoms with van der Waals surface area (Å²) in [5.74, 6) is 0.783. The van der Waals surface area contributed by atoms with Crippen molar-refractivity contribution >= 4 is 28.8 Å². The summed E-state index contributed by atoms with van der Waals surface area (Å²) in [5, 5.41) is 3.58. The Labute approximate surface area is 187 Å². The summed E-state index contributed by atoms with van der Waals surface area (Å²) in [5.41, 5.74) is 2.29. The SMILES string of the molecule is COc1ccccc1N1CCN(CCCCNC(=O)c2cn3cc(Cl)ccc3n2)CC1. The molecule has 8 heteroatoms. The first kappa shape index (κ1) is 21.5. The smallest absolute Gasteiger partial charge is 0.271 e. The van der Waals surface area contributed by atoms with Gasteiger partial charge in [0.2, 0.25) is 0 Å². The van der Waals surface area contributed by atoms with Crippen LogP contribution < -0.4 is 15.0 Å². The highest BCUT2D eigenvalue weighted by Crippen LogP contribution is 2.28. The predicted molar refractivity (Wildman–Crippen MR) is 123 cm³/mol. The van der Waals surface area contributed by atoms with Crippen molar-refractivity contribution in [1.82, 2.24) is 19.6 Å². The molecule has 3 aromatic rings. The standard InChI is InChI=1S/C23H28ClN5O2/c1-31-21-7-3-2-6-20(21)28-14-12-27(13-15-28)11-5-4-10-25-23(30)19-17-29-16-18(24)8-9-22(29)26-19/h2-3,6-9,16-17H,4-5,10-15H2,1H3,(H,25,30). The number of nitrogens with zero attached hydrogens (tertiary/aromatic N) is 4. The van der Waals surface area contributed by atoms with Gasteiger partial charge < -0.3 is 19.4 Å². The molecule has 0 spiro atoms. The van der Waals surface area contributed by atoms with Gasteiger partial charge in [-0.25, -0.2) is 4.98 Å². The normalized spacial score (nSPS) is 14.7. The van der Waals surface area contributed by atoms with Crippen LogP contribution in [0.4, 0.5) is 5.69 Å². The quantitative estimate of drug-likeness (QED) is 0.543. The van der Waals surface area contributed by atoms with Gasteiger partial charge in [0.15, 0.2) is 0 Å². The molecule has 1 fully saturated rings. The largest absolute Gasteiger partial charge is 0.495 e. The Hall–Kier alpha value is -2.77. The maximum absolute atomic E-state index is 12.3. The molecule has 1 aliphatic rings. The fourth-order valence-electron chi connectivity index (χ4n) is 3.93. The Morgan fingerprint density at radius 3 is 2.71 bits per heavy atom. The van der Waals surface area contributed by atoms with Gasteiger partial charge >= 0.3 is 0 Å². The van der Waals surface area contributed by atoms with Crippen molar-refractivity contribution in [2.24, 2.45) is 0 Å². The van der Waals surface area contributed by atoms with Gasteiger partial charge in [0.05, 0.1) is 17.8 Å². The van der Waals surface area contributed by atoms with Crippen LogP contribution >= 0.6 is 11.6 Å². The number of benzene rings is 1. The number of amides is 1. The van der Waals surface area contributed by atoms with E-state index in [-0.39, 0.29) is 5.91 Å². The second-order valence-electron chi connectivity index (χ2n) is 7.70. The molecule has 0 saturated carbocycles. The van der Waals surface area contributed by atoms with Crippen LogP contribution in [0, 0.1) is 0 Å². The molecule has 31 heavy (non-hydrogen) atoms. The number of para-hydroxylation sites is 2. The number of anilines is 1. The molecule has 164 valence electrons. The summed E-state index contributed by atoms with van der Waals surface area (Å²) in [6.45, 7) is 5.75. The molecule has 0 bridgehead atoms. The lowest BCUT2D eigenvalue weighted by molar-refractivity contribution is 0.0948. The van der Waals surface area contributed by atoms with E-state index in [1.165, 1.54) is 5.69 Å². The van der Waals surface area contributed by atoms with Crippen molar-refractivity contribution < 1.29 is 9.53 Å². The summed E-state index contributed by atoms with van der Waals surface area (Å²) in [4.78, 5) is 21.6. The average Bonchev–Trinajstić information content (AvgIpc) is 3.22. The van der Waals surface area contributed by atoms with Crippen molar-refractivity contribution in [3.8, 4) is 5.75 Å². The number of rotatable bonds is 8. The number of piperazine rings is 1. The molecular formula is C23H28ClN5O2. The third-order valence-electron chi connectivity index (χ3n) is 5.63. The van der Waals surface area contributed by atoms with E-state index in [1.54, 1.807) is 36.0 Å². The van der Waals surface area contributed by atoms with Gasteiger partial charge in [-0.1, -0.05) is 23.7 Å². The molecule has 1 saturated heterocycles. The molecule has 7 nitrogen and oxygen atoms in total. The number of halogens is 1. The minimum Gasteiger partial charge on any atom is -0.495 e. The molecule has 1 aliphatic heterocycles. The molecule has 1 aromatic carbocycles. The summed E-state index contributed by atoms with van der Waals surface area (Å²) in [7, 11) is 1.72. The second-order valence-corrected chi connectivity index (χ2v) is 8.14. The van der Waals surface area contributed by atoms with Crippen LogP contribution in [0.2, 0.25) is 5.02 Å². The van der Waals surface area contributed by atoms with Crippen molar-refractivity contribution in [3.63, 3.8) is 0 Å². The summed E-state index contributed by atoms with van der Waals surface area (Å²) in [6.07, 6.45) is 5.44. The highest BCUT2D eigenvalue weighted by molar-refractivity contribution is 6.30. The monoisotopic (exact) mass is 441 g/mol. The van der Waals surface area contributed by atoms with Gasteiger partial charge in [0.1, 0.15) is 17.1 Å². The van der Waals surface area contributed by atoms with Crippen molar-refractivity contribution in [2.45, 2.75) is 12.8 Å². The minimum absolute atomic E-state index is 0.148. The van der Waals surface area contributed by atoms with Crippen LogP contribution in [0.25, 0.3) is 5.65 Å². The topological polar surface area (TPSA) is 62.1 Å². The van der Waals surface area contributed by atoms with Gasteiger partial charge in [0.25, 0.3) is 5.91 Å². The molecule has 0 atom stereocenters. The summed E-state index contributed by atoms with van der Waals surface area (Å²) >= 11 is 5.98. The van der Waals surface area contributed by atoms with E-state index >= 15 is 0 Å². The third kappa shape index (κ3) is 5.29. The average molecular weight is 442 g/mol. The van der Waals surface area contributed by atoms with Gasteiger partial charge in [-0.15, -0.1) is 0 Å². The van der Waals surface area contributed by atoms with E-state index in [2.05, 4.69) is 32.2 Å².